The Morgan fingerprint density at radius 2 is 1.83 bits per heavy atom. The molecule has 0 atom stereocenters. The molecule has 0 saturated heterocycles. The normalized spacial score (nSPS) is 10.5. The van der Waals surface area contributed by atoms with E-state index < -0.39 is 4.92 Å². The van der Waals surface area contributed by atoms with Crippen LogP contribution in [-0.4, -0.2) is 14.7 Å². The van der Waals surface area contributed by atoms with E-state index >= 15 is 0 Å². The van der Waals surface area contributed by atoms with Gasteiger partial charge < -0.3 is 0 Å². The summed E-state index contributed by atoms with van der Waals surface area (Å²) in [4.78, 5) is 22.4. The Balaban J connectivity index is 1.95. The first-order valence-corrected chi connectivity index (χ1v) is 7.90. The van der Waals surface area contributed by atoms with Crippen molar-refractivity contribution in [1.29, 1.82) is 0 Å². The zero-order chi connectivity index (χ0) is 17.1. The number of rotatable bonds is 4. The molecule has 120 valence electrons. The molecule has 7 heteroatoms. The van der Waals surface area contributed by atoms with Crippen molar-refractivity contribution in [3.05, 3.63) is 91.2 Å². The minimum absolute atomic E-state index is 0.00962. The van der Waals surface area contributed by atoms with E-state index in [2.05, 4.69) is 21.0 Å². The van der Waals surface area contributed by atoms with Crippen molar-refractivity contribution in [2.75, 3.05) is 0 Å². The van der Waals surface area contributed by atoms with Crippen LogP contribution in [0.2, 0.25) is 0 Å². The van der Waals surface area contributed by atoms with E-state index in [0.29, 0.717) is 11.3 Å². The summed E-state index contributed by atoms with van der Waals surface area (Å²) in [5, 5.41) is 15.2. The summed E-state index contributed by atoms with van der Waals surface area (Å²) in [5.74, 6) is 0. The van der Waals surface area contributed by atoms with Crippen LogP contribution >= 0.6 is 15.9 Å². The quantitative estimate of drug-likeness (QED) is 0.507. The van der Waals surface area contributed by atoms with E-state index in [1.165, 1.54) is 22.9 Å². The molecule has 0 amide bonds. The molecule has 0 spiro atoms. The van der Waals surface area contributed by atoms with E-state index in [0.717, 1.165) is 10.0 Å². The van der Waals surface area contributed by atoms with Crippen molar-refractivity contribution >= 4 is 21.6 Å². The molecule has 0 N–H and O–H groups in total. The average Bonchev–Trinajstić information content (AvgIpc) is 2.58. The molecule has 0 fully saturated rings. The fourth-order valence-electron chi connectivity index (χ4n) is 2.28. The predicted molar refractivity (Wildman–Crippen MR) is 93.8 cm³/mol. The third-order valence-corrected chi connectivity index (χ3v) is 3.99. The molecule has 3 rings (SSSR count). The number of nitrogens with zero attached hydrogens (tertiary/aromatic N) is 3. The van der Waals surface area contributed by atoms with E-state index in [1.807, 2.05) is 24.3 Å². The maximum Gasteiger partial charge on any atom is 0.269 e. The second kappa shape index (κ2) is 6.76. The van der Waals surface area contributed by atoms with Gasteiger partial charge >= 0.3 is 0 Å². The smallest absolute Gasteiger partial charge is 0.268 e. The van der Waals surface area contributed by atoms with Gasteiger partial charge in [-0.1, -0.05) is 40.2 Å². The first-order chi connectivity index (χ1) is 11.5. The Morgan fingerprint density at radius 1 is 1.08 bits per heavy atom. The van der Waals surface area contributed by atoms with Crippen LogP contribution in [0.3, 0.4) is 0 Å². The van der Waals surface area contributed by atoms with Gasteiger partial charge in [-0.25, -0.2) is 4.68 Å². The van der Waals surface area contributed by atoms with Crippen LogP contribution in [0.4, 0.5) is 5.69 Å². The van der Waals surface area contributed by atoms with Crippen molar-refractivity contribution in [2.45, 2.75) is 6.54 Å². The number of aromatic nitrogens is 2. The van der Waals surface area contributed by atoms with Crippen LogP contribution < -0.4 is 5.56 Å². The molecule has 0 saturated carbocycles. The van der Waals surface area contributed by atoms with Crippen LogP contribution in [0, 0.1) is 10.1 Å². The summed E-state index contributed by atoms with van der Waals surface area (Å²) < 4.78 is 2.26. The number of nitro benzene ring substituents is 1. The number of benzene rings is 2. The molecule has 6 nitrogen and oxygen atoms in total. The van der Waals surface area contributed by atoms with Gasteiger partial charge in [0, 0.05) is 28.2 Å². The molecular formula is C17H12BrN3O3. The molecule has 24 heavy (non-hydrogen) atoms. The van der Waals surface area contributed by atoms with Crippen LogP contribution in [-0.2, 0) is 6.54 Å². The van der Waals surface area contributed by atoms with Crippen LogP contribution in [0.15, 0.2) is 69.9 Å². The van der Waals surface area contributed by atoms with Crippen molar-refractivity contribution in [1.82, 2.24) is 9.78 Å². The Bertz CT molecular complexity index is 952. The Hall–Kier alpha value is -2.80. The van der Waals surface area contributed by atoms with Crippen molar-refractivity contribution < 1.29 is 4.92 Å². The average molecular weight is 386 g/mol. The fourth-order valence-corrected chi connectivity index (χ4v) is 2.54. The number of hydrogen-bond acceptors (Lipinski definition) is 4. The van der Waals surface area contributed by atoms with Crippen LogP contribution in [0.25, 0.3) is 11.3 Å². The maximum absolute atomic E-state index is 12.0. The molecule has 2 aromatic carbocycles. The van der Waals surface area contributed by atoms with Gasteiger partial charge in [0.2, 0.25) is 0 Å². The summed E-state index contributed by atoms with van der Waals surface area (Å²) >= 11 is 3.38. The lowest BCUT2D eigenvalue weighted by molar-refractivity contribution is -0.384. The monoisotopic (exact) mass is 385 g/mol. The second-order valence-electron chi connectivity index (χ2n) is 5.15. The van der Waals surface area contributed by atoms with Gasteiger partial charge in [-0.05, 0) is 23.8 Å². The summed E-state index contributed by atoms with van der Waals surface area (Å²) in [6, 6.07) is 16.9. The molecule has 0 unspecified atom stereocenters. The lowest BCUT2D eigenvalue weighted by Gasteiger charge is -2.07. The minimum atomic E-state index is -0.460. The van der Waals surface area contributed by atoms with E-state index in [1.54, 1.807) is 18.2 Å². The summed E-state index contributed by atoms with van der Waals surface area (Å²) in [6.45, 7) is 0.172. The van der Waals surface area contributed by atoms with Gasteiger partial charge in [0.15, 0.2) is 0 Å². The zero-order valence-electron chi connectivity index (χ0n) is 12.4. The lowest BCUT2D eigenvalue weighted by Crippen LogP contribution is -2.22. The highest BCUT2D eigenvalue weighted by Crippen LogP contribution is 2.19. The lowest BCUT2D eigenvalue weighted by atomic mass is 10.1. The molecule has 1 heterocycles. The third-order valence-electron chi connectivity index (χ3n) is 3.46. The Labute approximate surface area is 145 Å². The Morgan fingerprint density at radius 3 is 2.54 bits per heavy atom. The number of hydrogen-bond donors (Lipinski definition) is 0. The molecule has 1 aromatic heterocycles. The maximum atomic E-state index is 12.0. The predicted octanol–water partition coefficient (Wildman–Crippen LogP) is 3.63. The molecular weight excluding hydrogens is 374 g/mol. The van der Waals surface area contributed by atoms with E-state index in [9.17, 15) is 14.9 Å². The summed E-state index contributed by atoms with van der Waals surface area (Å²) in [6.07, 6.45) is 0. The highest BCUT2D eigenvalue weighted by molar-refractivity contribution is 9.10. The second-order valence-corrected chi connectivity index (χ2v) is 6.06. The highest BCUT2D eigenvalue weighted by Gasteiger charge is 2.08. The van der Waals surface area contributed by atoms with Gasteiger partial charge in [0.1, 0.15) is 0 Å². The molecule has 0 aliphatic carbocycles. The minimum Gasteiger partial charge on any atom is -0.268 e. The van der Waals surface area contributed by atoms with Crippen LogP contribution in [0.5, 0.6) is 0 Å². The van der Waals surface area contributed by atoms with Gasteiger partial charge in [-0.3, -0.25) is 14.9 Å². The van der Waals surface area contributed by atoms with Crippen molar-refractivity contribution in [3.63, 3.8) is 0 Å². The van der Waals surface area contributed by atoms with Crippen molar-refractivity contribution in [2.24, 2.45) is 0 Å². The number of non-ortho nitro benzene ring substituents is 1. The number of nitro groups is 1. The molecule has 0 aliphatic heterocycles. The van der Waals surface area contributed by atoms with Crippen molar-refractivity contribution in [3.8, 4) is 11.3 Å². The van der Waals surface area contributed by atoms with E-state index in [-0.39, 0.29) is 17.8 Å². The van der Waals surface area contributed by atoms with Crippen LogP contribution in [0.1, 0.15) is 5.56 Å². The highest BCUT2D eigenvalue weighted by atomic mass is 79.9. The molecule has 3 aromatic rings. The van der Waals surface area contributed by atoms with E-state index in [4.69, 9.17) is 0 Å². The molecule has 0 aliphatic rings. The van der Waals surface area contributed by atoms with Gasteiger partial charge in [0.05, 0.1) is 17.2 Å². The molecule has 0 radical (unpaired) electrons. The first-order valence-electron chi connectivity index (χ1n) is 7.10. The third kappa shape index (κ3) is 3.57. The number of halogens is 1. The summed E-state index contributed by atoms with van der Waals surface area (Å²) in [7, 11) is 0. The SMILES string of the molecule is O=c1ccc(-c2ccc(Br)cc2)nn1Cc1cccc([N+](=O)[O-])c1. The fraction of sp³-hybridized carbons (Fsp3) is 0.0588. The topological polar surface area (TPSA) is 78.0 Å². The Kier molecular flexibility index (Phi) is 4.52. The molecule has 0 bridgehead atoms. The largest absolute Gasteiger partial charge is 0.269 e. The summed E-state index contributed by atoms with van der Waals surface area (Å²) in [5.41, 5.74) is 1.91. The van der Waals surface area contributed by atoms with Gasteiger partial charge in [-0.15, -0.1) is 0 Å². The first kappa shape index (κ1) is 16.1. The van der Waals surface area contributed by atoms with Gasteiger partial charge in [-0.2, -0.15) is 5.10 Å². The van der Waals surface area contributed by atoms with Gasteiger partial charge in [0.25, 0.3) is 11.2 Å². The standard InChI is InChI=1S/C17H12BrN3O3/c18-14-6-4-13(5-7-14)16-8-9-17(22)20(19-16)11-12-2-1-3-15(10-12)21(23)24/h1-10H,11H2. The zero-order valence-corrected chi connectivity index (χ0v) is 14.0.